The largest absolute Gasteiger partial charge is 0.497 e. The SMILES string of the molecule is COc1ccc(C=CC(=O)NCC(=O)n2nc(C)cc2C)cc1. The molecule has 0 fully saturated rings. The monoisotopic (exact) mass is 313 g/mol. The molecule has 0 bridgehead atoms. The summed E-state index contributed by atoms with van der Waals surface area (Å²) >= 11 is 0. The van der Waals surface area contributed by atoms with Gasteiger partial charge in [0.2, 0.25) is 5.91 Å². The zero-order valence-electron chi connectivity index (χ0n) is 13.4. The summed E-state index contributed by atoms with van der Waals surface area (Å²) in [6.07, 6.45) is 3.05. The first-order valence-electron chi connectivity index (χ1n) is 7.16. The van der Waals surface area contributed by atoms with E-state index in [1.54, 1.807) is 20.1 Å². The molecule has 0 aliphatic rings. The number of ether oxygens (including phenoxy) is 1. The molecule has 6 heteroatoms. The summed E-state index contributed by atoms with van der Waals surface area (Å²) in [7, 11) is 1.60. The number of nitrogens with one attached hydrogen (secondary N) is 1. The van der Waals surface area contributed by atoms with Gasteiger partial charge in [-0.15, -0.1) is 0 Å². The molecule has 0 spiro atoms. The number of amides is 1. The minimum atomic E-state index is -0.337. The van der Waals surface area contributed by atoms with Crippen LogP contribution in [0.25, 0.3) is 6.08 Å². The Morgan fingerprint density at radius 3 is 2.52 bits per heavy atom. The number of nitrogens with zero attached hydrogens (tertiary/aromatic N) is 2. The first kappa shape index (κ1) is 16.5. The number of carbonyl (C=O) groups excluding carboxylic acids is 2. The van der Waals surface area contributed by atoms with Crippen molar-refractivity contribution in [3.05, 3.63) is 53.4 Å². The normalized spacial score (nSPS) is 10.7. The number of methoxy groups -OCH3 is 1. The van der Waals surface area contributed by atoms with Crippen LogP contribution in [0.1, 0.15) is 21.7 Å². The Bertz CT molecular complexity index is 730. The number of aryl methyl sites for hydroxylation is 2. The van der Waals surface area contributed by atoms with E-state index in [0.717, 1.165) is 22.7 Å². The van der Waals surface area contributed by atoms with Crippen molar-refractivity contribution in [3.8, 4) is 5.75 Å². The average Bonchev–Trinajstić information content (AvgIpc) is 2.89. The molecule has 1 heterocycles. The molecule has 6 nitrogen and oxygen atoms in total. The van der Waals surface area contributed by atoms with Gasteiger partial charge in [0.1, 0.15) is 5.75 Å². The number of aromatic nitrogens is 2. The maximum absolute atomic E-state index is 12.0. The first-order valence-corrected chi connectivity index (χ1v) is 7.16. The van der Waals surface area contributed by atoms with Crippen molar-refractivity contribution < 1.29 is 14.3 Å². The highest BCUT2D eigenvalue weighted by Crippen LogP contribution is 2.12. The van der Waals surface area contributed by atoms with Gasteiger partial charge in [0.15, 0.2) is 0 Å². The third-order valence-electron chi connectivity index (χ3n) is 3.20. The molecule has 1 amide bonds. The van der Waals surface area contributed by atoms with Crippen LogP contribution in [0.3, 0.4) is 0 Å². The number of hydrogen-bond acceptors (Lipinski definition) is 4. The summed E-state index contributed by atoms with van der Waals surface area (Å²) < 4.78 is 6.36. The van der Waals surface area contributed by atoms with Gasteiger partial charge in [-0.3, -0.25) is 9.59 Å². The molecule has 2 aromatic rings. The minimum absolute atomic E-state index is 0.103. The summed E-state index contributed by atoms with van der Waals surface area (Å²) in [5.41, 5.74) is 2.38. The lowest BCUT2D eigenvalue weighted by Crippen LogP contribution is -2.32. The summed E-state index contributed by atoms with van der Waals surface area (Å²) in [5.74, 6) is 0.139. The highest BCUT2D eigenvalue weighted by molar-refractivity contribution is 5.94. The van der Waals surface area contributed by atoms with E-state index in [-0.39, 0.29) is 18.4 Å². The quantitative estimate of drug-likeness (QED) is 0.857. The van der Waals surface area contributed by atoms with E-state index >= 15 is 0 Å². The van der Waals surface area contributed by atoms with E-state index < -0.39 is 0 Å². The number of rotatable bonds is 5. The van der Waals surface area contributed by atoms with Crippen LogP contribution in [-0.2, 0) is 4.79 Å². The predicted molar refractivity (Wildman–Crippen MR) is 87.4 cm³/mol. The second-order valence-electron chi connectivity index (χ2n) is 5.06. The molecule has 1 aromatic heterocycles. The fourth-order valence-electron chi connectivity index (χ4n) is 2.06. The van der Waals surface area contributed by atoms with Gasteiger partial charge in [0, 0.05) is 11.8 Å². The van der Waals surface area contributed by atoms with Gasteiger partial charge >= 0.3 is 0 Å². The highest BCUT2D eigenvalue weighted by Gasteiger charge is 2.10. The Labute approximate surface area is 134 Å². The second-order valence-corrected chi connectivity index (χ2v) is 5.06. The fourth-order valence-corrected chi connectivity index (χ4v) is 2.06. The van der Waals surface area contributed by atoms with E-state index in [0.29, 0.717) is 0 Å². The van der Waals surface area contributed by atoms with E-state index in [4.69, 9.17) is 4.74 Å². The zero-order valence-corrected chi connectivity index (χ0v) is 13.4. The van der Waals surface area contributed by atoms with Crippen molar-refractivity contribution in [3.63, 3.8) is 0 Å². The van der Waals surface area contributed by atoms with Gasteiger partial charge in [-0.1, -0.05) is 12.1 Å². The Morgan fingerprint density at radius 1 is 1.26 bits per heavy atom. The van der Waals surface area contributed by atoms with Crippen molar-refractivity contribution in [2.45, 2.75) is 13.8 Å². The lowest BCUT2D eigenvalue weighted by atomic mass is 10.2. The molecule has 0 atom stereocenters. The van der Waals surface area contributed by atoms with Crippen LogP contribution in [0.5, 0.6) is 5.75 Å². The molecular weight excluding hydrogens is 294 g/mol. The van der Waals surface area contributed by atoms with Crippen molar-refractivity contribution in [1.82, 2.24) is 15.1 Å². The van der Waals surface area contributed by atoms with Crippen LogP contribution in [0.2, 0.25) is 0 Å². The second kappa shape index (κ2) is 7.40. The smallest absolute Gasteiger partial charge is 0.266 e. The molecule has 1 aromatic carbocycles. The molecule has 1 N–H and O–H groups in total. The Hall–Kier alpha value is -2.89. The van der Waals surface area contributed by atoms with Crippen molar-refractivity contribution in [2.75, 3.05) is 13.7 Å². The third-order valence-corrected chi connectivity index (χ3v) is 3.20. The molecule has 0 aliphatic carbocycles. The number of hydrogen-bond donors (Lipinski definition) is 1. The van der Waals surface area contributed by atoms with Crippen LogP contribution in [0.4, 0.5) is 0 Å². The van der Waals surface area contributed by atoms with Gasteiger partial charge in [0.25, 0.3) is 5.91 Å². The lowest BCUT2D eigenvalue weighted by Gasteiger charge is -2.03. The molecule has 0 radical (unpaired) electrons. The van der Waals surface area contributed by atoms with Gasteiger partial charge < -0.3 is 10.1 Å². The summed E-state index contributed by atoms with van der Waals surface area (Å²) in [6.45, 7) is 3.50. The number of benzene rings is 1. The van der Waals surface area contributed by atoms with E-state index in [1.165, 1.54) is 10.8 Å². The van der Waals surface area contributed by atoms with Crippen molar-refractivity contribution in [2.24, 2.45) is 0 Å². The van der Waals surface area contributed by atoms with Crippen molar-refractivity contribution in [1.29, 1.82) is 0 Å². The molecule has 120 valence electrons. The number of carbonyl (C=O) groups is 2. The van der Waals surface area contributed by atoms with Gasteiger partial charge in [0.05, 0.1) is 19.3 Å². The predicted octanol–water partition coefficient (Wildman–Crippen LogP) is 1.98. The molecule has 0 saturated heterocycles. The van der Waals surface area contributed by atoms with Crippen LogP contribution < -0.4 is 10.1 Å². The molecular formula is C17H19N3O3. The first-order chi connectivity index (χ1) is 11.0. The van der Waals surface area contributed by atoms with E-state index in [2.05, 4.69) is 10.4 Å². The standard InChI is InChI=1S/C17H19N3O3/c1-12-10-13(2)20(19-12)17(22)11-18-16(21)9-6-14-4-7-15(23-3)8-5-14/h4-10H,11H2,1-3H3,(H,18,21). The average molecular weight is 313 g/mol. The summed E-state index contributed by atoms with van der Waals surface area (Å²) in [6, 6.07) is 9.10. The van der Waals surface area contributed by atoms with Crippen LogP contribution >= 0.6 is 0 Å². The summed E-state index contributed by atoms with van der Waals surface area (Å²) in [5, 5.41) is 6.63. The Balaban J connectivity index is 1.88. The fraction of sp³-hybridized carbons (Fsp3) is 0.235. The van der Waals surface area contributed by atoms with E-state index in [9.17, 15) is 9.59 Å². The molecule has 23 heavy (non-hydrogen) atoms. The minimum Gasteiger partial charge on any atom is -0.497 e. The van der Waals surface area contributed by atoms with Gasteiger partial charge in [-0.05, 0) is 43.7 Å². The summed E-state index contributed by atoms with van der Waals surface area (Å²) in [4.78, 5) is 23.7. The zero-order chi connectivity index (χ0) is 16.8. The van der Waals surface area contributed by atoms with Gasteiger partial charge in [-0.2, -0.15) is 5.10 Å². The highest BCUT2D eigenvalue weighted by atomic mass is 16.5. The molecule has 0 unspecified atom stereocenters. The van der Waals surface area contributed by atoms with Gasteiger partial charge in [-0.25, -0.2) is 4.68 Å². The maximum Gasteiger partial charge on any atom is 0.266 e. The van der Waals surface area contributed by atoms with Crippen LogP contribution in [-0.4, -0.2) is 35.2 Å². The van der Waals surface area contributed by atoms with E-state index in [1.807, 2.05) is 37.3 Å². The van der Waals surface area contributed by atoms with Crippen LogP contribution in [0.15, 0.2) is 36.4 Å². The molecule has 2 rings (SSSR count). The lowest BCUT2D eigenvalue weighted by molar-refractivity contribution is -0.116. The topological polar surface area (TPSA) is 73.2 Å². The molecule has 0 aliphatic heterocycles. The Morgan fingerprint density at radius 2 is 1.96 bits per heavy atom. The Kier molecular flexibility index (Phi) is 5.30. The third kappa shape index (κ3) is 4.54. The van der Waals surface area contributed by atoms with Crippen LogP contribution in [0, 0.1) is 13.8 Å². The van der Waals surface area contributed by atoms with Crippen molar-refractivity contribution >= 4 is 17.9 Å². The molecule has 0 saturated carbocycles. The maximum atomic E-state index is 12.0.